The van der Waals surface area contributed by atoms with E-state index in [1.54, 1.807) is 11.0 Å². The minimum atomic E-state index is -4.70. The first-order chi connectivity index (χ1) is 13.8. The van der Waals surface area contributed by atoms with Crippen LogP contribution in [0.5, 0.6) is 5.75 Å². The van der Waals surface area contributed by atoms with Crippen LogP contribution in [-0.2, 0) is 12.6 Å². The minimum absolute atomic E-state index is 0.117. The van der Waals surface area contributed by atoms with E-state index in [0.717, 1.165) is 6.07 Å². The molecule has 1 aliphatic carbocycles. The van der Waals surface area contributed by atoms with Crippen molar-refractivity contribution in [1.82, 2.24) is 10.2 Å². The van der Waals surface area contributed by atoms with Gasteiger partial charge in [-0.15, -0.1) is 10.2 Å². The molecule has 1 aliphatic heterocycles. The number of aliphatic hydroxyl groups is 1. The zero-order chi connectivity index (χ0) is 22.1. The molecule has 0 bridgehead atoms. The fraction of sp³-hybridized carbons (Fsp3) is 0.474. The molecule has 0 saturated heterocycles. The smallest absolute Gasteiger partial charge is 0.417 e. The van der Waals surface area contributed by atoms with E-state index in [4.69, 9.17) is 0 Å². The molecule has 2 aliphatic rings. The maximum Gasteiger partial charge on any atom is 0.417 e. The van der Waals surface area contributed by atoms with Crippen molar-refractivity contribution in [2.24, 2.45) is 0 Å². The monoisotopic (exact) mass is 433 g/mol. The Labute approximate surface area is 167 Å². The van der Waals surface area contributed by atoms with E-state index in [-0.39, 0.29) is 16.8 Å². The molecular formula is C19H17F6N3O2. The lowest BCUT2D eigenvalue weighted by Gasteiger charge is -2.48. The van der Waals surface area contributed by atoms with Gasteiger partial charge in [0.15, 0.2) is 11.4 Å². The molecule has 1 aromatic heterocycles. The Morgan fingerprint density at radius 2 is 1.73 bits per heavy atom. The Hall–Kier alpha value is -2.56. The highest BCUT2D eigenvalue weighted by Crippen LogP contribution is 2.49. The molecule has 1 fully saturated rings. The van der Waals surface area contributed by atoms with Crippen LogP contribution in [0.15, 0.2) is 18.2 Å². The van der Waals surface area contributed by atoms with Crippen molar-refractivity contribution in [3.63, 3.8) is 0 Å². The Bertz CT molecular complexity index is 976. The third-order valence-corrected chi connectivity index (χ3v) is 5.76. The average molecular weight is 433 g/mol. The van der Waals surface area contributed by atoms with Gasteiger partial charge in [0.1, 0.15) is 5.75 Å². The van der Waals surface area contributed by atoms with Crippen LogP contribution in [0.3, 0.4) is 0 Å². The van der Waals surface area contributed by atoms with E-state index in [9.17, 15) is 36.6 Å². The van der Waals surface area contributed by atoms with E-state index < -0.39 is 48.2 Å². The number of phenolic OH excluding ortho intramolecular Hbond substituents is 1. The number of rotatable bonds is 2. The van der Waals surface area contributed by atoms with Crippen molar-refractivity contribution in [3.05, 3.63) is 34.9 Å². The summed E-state index contributed by atoms with van der Waals surface area (Å²) in [6.45, 7) is 1.81. The van der Waals surface area contributed by atoms with Gasteiger partial charge in [0, 0.05) is 36.6 Å². The van der Waals surface area contributed by atoms with Gasteiger partial charge < -0.3 is 15.1 Å². The Balaban J connectivity index is 1.60. The van der Waals surface area contributed by atoms with Crippen molar-refractivity contribution >= 4 is 5.82 Å². The zero-order valence-electron chi connectivity index (χ0n) is 15.6. The van der Waals surface area contributed by atoms with Gasteiger partial charge in [-0.05, 0) is 37.1 Å². The average Bonchev–Trinajstić information content (AvgIpc) is 2.99. The van der Waals surface area contributed by atoms with Gasteiger partial charge in [0.25, 0.3) is 0 Å². The number of halogens is 6. The molecule has 0 atom stereocenters. The van der Waals surface area contributed by atoms with Crippen molar-refractivity contribution in [1.29, 1.82) is 0 Å². The van der Waals surface area contributed by atoms with Gasteiger partial charge in [-0.25, -0.2) is 0 Å². The molecule has 30 heavy (non-hydrogen) atoms. The molecule has 0 spiro atoms. The van der Waals surface area contributed by atoms with E-state index in [1.165, 1.54) is 6.92 Å². The summed E-state index contributed by atoms with van der Waals surface area (Å²) >= 11 is 0. The number of aromatic hydroxyl groups is 1. The number of hydrogen-bond donors (Lipinski definition) is 2. The fourth-order valence-corrected chi connectivity index (χ4v) is 4.11. The highest BCUT2D eigenvalue weighted by atomic mass is 19.4. The second kappa shape index (κ2) is 6.47. The van der Waals surface area contributed by atoms with E-state index in [1.807, 2.05) is 0 Å². The standard InChI is InChI=1S/C19H17F6N3O2/c1-9-4-11(18(20,21)22)6-14(29)15(9)13-5-10-2-3-28(16(10)27-26-13)12-7-17(30,8-12)19(23,24)25/h4-6,12,29-30H,2-3,7-8H2,1H3. The predicted octanol–water partition coefficient (Wildman–Crippen LogP) is 3.99. The molecule has 4 rings (SSSR count). The van der Waals surface area contributed by atoms with Crippen LogP contribution in [0, 0.1) is 6.92 Å². The largest absolute Gasteiger partial charge is 0.507 e. The molecule has 0 radical (unpaired) electrons. The lowest BCUT2D eigenvalue weighted by Crippen LogP contribution is -2.62. The van der Waals surface area contributed by atoms with Crippen LogP contribution in [0.2, 0.25) is 0 Å². The molecule has 0 amide bonds. The first kappa shape index (κ1) is 20.7. The summed E-state index contributed by atoms with van der Waals surface area (Å²) in [6, 6.07) is 2.57. The number of alkyl halides is 6. The highest BCUT2D eigenvalue weighted by molar-refractivity contribution is 5.73. The molecule has 1 aromatic carbocycles. The number of hydrogen-bond acceptors (Lipinski definition) is 5. The maximum atomic E-state index is 12.9. The summed E-state index contributed by atoms with van der Waals surface area (Å²) in [5.41, 5.74) is -2.55. The Morgan fingerprint density at radius 3 is 2.30 bits per heavy atom. The third-order valence-electron chi connectivity index (χ3n) is 5.76. The number of benzene rings is 1. The molecule has 5 nitrogen and oxygen atoms in total. The second-order valence-electron chi connectivity index (χ2n) is 7.80. The minimum Gasteiger partial charge on any atom is -0.507 e. The van der Waals surface area contributed by atoms with Crippen molar-refractivity contribution in [2.75, 3.05) is 11.4 Å². The zero-order valence-corrected chi connectivity index (χ0v) is 15.6. The maximum absolute atomic E-state index is 12.9. The number of fused-ring (bicyclic) bond motifs is 1. The lowest BCUT2D eigenvalue weighted by molar-refractivity contribution is -0.290. The molecule has 162 valence electrons. The molecule has 2 heterocycles. The molecule has 1 saturated carbocycles. The van der Waals surface area contributed by atoms with Crippen LogP contribution in [0.4, 0.5) is 32.2 Å². The molecule has 0 unspecified atom stereocenters. The molecule has 2 aromatic rings. The van der Waals surface area contributed by atoms with E-state index in [2.05, 4.69) is 10.2 Å². The summed E-state index contributed by atoms with van der Waals surface area (Å²) < 4.78 is 77.4. The highest BCUT2D eigenvalue weighted by Gasteiger charge is 2.62. The van der Waals surface area contributed by atoms with Crippen LogP contribution in [0.1, 0.15) is 29.5 Å². The van der Waals surface area contributed by atoms with Gasteiger partial charge in [0.2, 0.25) is 0 Å². The first-order valence-corrected chi connectivity index (χ1v) is 9.14. The van der Waals surface area contributed by atoms with Gasteiger partial charge in [-0.3, -0.25) is 0 Å². The predicted molar refractivity (Wildman–Crippen MR) is 93.9 cm³/mol. The topological polar surface area (TPSA) is 69.5 Å². The van der Waals surface area contributed by atoms with Gasteiger partial charge >= 0.3 is 12.4 Å². The van der Waals surface area contributed by atoms with Crippen LogP contribution < -0.4 is 4.90 Å². The van der Waals surface area contributed by atoms with Gasteiger partial charge in [0.05, 0.1) is 11.3 Å². The summed E-state index contributed by atoms with van der Waals surface area (Å²) in [7, 11) is 0. The number of phenols is 1. The number of anilines is 1. The number of aryl methyl sites for hydroxylation is 1. The Morgan fingerprint density at radius 1 is 1.07 bits per heavy atom. The van der Waals surface area contributed by atoms with Gasteiger partial charge in [-0.1, -0.05) is 0 Å². The summed E-state index contributed by atoms with van der Waals surface area (Å²) in [6.07, 6.45) is -9.76. The first-order valence-electron chi connectivity index (χ1n) is 9.14. The lowest BCUT2D eigenvalue weighted by atomic mass is 9.74. The second-order valence-corrected chi connectivity index (χ2v) is 7.80. The van der Waals surface area contributed by atoms with Crippen LogP contribution >= 0.6 is 0 Å². The van der Waals surface area contributed by atoms with E-state index >= 15 is 0 Å². The number of nitrogens with zero attached hydrogens (tertiary/aromatic N) is 3. The van der Waals surface area contributed by atoms with Crippen molar-refractivity contribution in [3.8, 4) is 17.0 Å². The quantitative estimate of drug-likeness (QED) is 0.701. The SMILES string of the molecule is Cc1cc(C(F)(F)F)cc(O)c1-c1cc2c(nn1)N(C1CC(O)(C(F)(F)F)C1)CC2. The fourth-order valence-electron chi connectivity index (χ4n) is 4.11. The third kappa shape index (κ3) is 3.24. The van der Waals surface area contributed by atoms with Crippen LogP contribution in [0.25, 0.3) is 11.3 Å². The molecule has 11 heteroatoms. The number of aromatic nitrogens is 2. The van der Waals surface area contributed by atoms with Crippen molar-refractivity contribution in [2.45, 2.75) is 50.2 Å². The molecule has 2 N–H and O–H groups in total. The summed E-state index contributed by atoms with van der Waals surface area (Å²) in [5.74, 6) is -0.197. The van der Waals surface area contributed by atoms with Crippen molar-refractivity contribution < 1.29 is 36.6 Å². The summed E-state index contributed by atoms with van der Waals surface area (Å²) in [4.78, 5) is 1.66. The normalized spacial score (nSPS) is 24.0. The Kier molecular flexibility index (Phi) is 4.46. The van der Waals surface area contributed by atoms with Gasteiger partial charge in [-0.2, -0.15) is 26.3 Å². The van der Waals surface area contributed by atoms with Crippen LogP contribution in [-0.4, -0.2) is 44.8 Å². The molecular weight excluding hydrogens is 416 g/mol. The van der Waals surface area contributed by atoms with E-state index in [0.29, 0.717) is 30.4 Å². The summed E-state index contributed by atoms with van der Waals surface area (Å²) in [5, 5.41) is 27.9.